The second-order valence-corrected chi connectivity index (χ2v) is 7.87. The largest absolute Gasteiger partial charge is 0.497 e. The van der Waals surface area contributed by atoms with Crippen LogP contribution in [0.3, 0.4) is 0 Å². The zero-order valence-corrected chi connectivity index (χ0v) is 17.1. The summed E-state index contributed by atoms with van der Waals surface area (Å²) >= 11 is 9.48. The lowest BCUT2D eigenvalue weighted by molar-refractivity contribution is 0.0705. The minimum absolute atomic E-state index is 0.00331. The number of benzene rings is 2. The van der Waals surface area contributed by atoms with E-state index in [1.54, 1.807) is 19.2 Å². The number of methoxy groups -OCH3 is 1. The summed E-state index contributed by atoms with van der Waals surface area (Å²) in [6.07, 6.45) is 1.63. The number of carbonyl (C=O) groups excluding carboxylic acids is 1. The van der Waals surface area contributed by atoms with Crippen LogP contribution >= 0.6 is 27.5 Å². The van der Waals surface area contributed by atoms with Crippen LogP contribution in [0.15, 0.2) is 45.3 Å². The minimum Gasteiger partial charge on any atom is -0.497 e. The Bertz CT molecular complexity index is 996. The van der Waals surface area contributed by atoms with E-state index < -0.39 is 0 Å². The van der Waals surface area contributed by atoms with E-state index in [1.165, 1.54) is 0 Å². The molecule has 0 unspecified atom stereocenters. The number of hydrogen-bond acceptors (Lipinski definition) is 4. The summed E-state index contributed by atoms with van der Waals surface area (Å²) in [7, 11) is 1.59. The average Bonchev–Trinajstić information content (AvgIpc) is 3.11. The fourth-order valence-electron chi connectivity index (χ4n) is 3.39. The number of amides is 1. The SMILES string of the molecule is COc1ccc(Br)c(C(=O)N2CCC(c3nc4cc(Cl)ccc4o3)CC2)c1. The maximum atomic E-state index is 12.9. The van der Waals surface area contributed by atoms with Gasteiger partial charge in [0, 0.05) is 28.5 Å². The molecule has 0 aliphatic carbocycles. The normalized spacial score (nSPS) is 15.3. The summed E-state index contributed by atoms with van der Waals surface area (Å²) in [4.78, 5) is 19.4. The van der Waals surface area contributed by atoms with Gasteiger partial charge in [-0.3, -0.25) is 4.79 Å². The van der Waals surface area contributed by atoms with E-state index in [-0.39, 0.29) is 11.8 Å². The molecule has 0 radical (unpaired) electrons. The highest BCUT2D eigenvalue weighted by atomic mass is 79.9. The third kappa shape index (κ3) is 3.69. The van der Waals surface area contributed by atoms with E-state index in [1.807, 2.05) is 29.2 Å². The van der Waals surface area contributed by atoms with Crippen LogP contribution in [0.5, 0.6) is 5.75 Å². The number of likely N-dealkylation sites (tertiary alicyclic amines) is 1. The molecule has 5 nitrogen and oxygen atoms in total. The lowest BCUT2D eigenvalue weighted by Gasteiger charge is -2.31. The summed E-state index contributed by atoms with van der Waals surface area (Å²) in [6, 6.07) is 10.9. The van der Waals surface area contributed by atoms with Gasteiger partial charge in [0.25, 0.3) is 5.91 Å². The first kappa shape index (κ1) is 18.3. The zero-order valence-electron chi connectivity index (χ0n) is 14.7. The fourth-order valence-corrected chi connectivity index (χ4v) is 3.97. The van der Waals surface area contributed by atoms with Crippen LogP contribution in [0.25, 0.3) is 11.1 Å². The highest BCUT2D eigenvalue weighted by Gasteiger charge is 2.28. The summed E-state index contributed by atoms with van der Waals surface area (Å²) < 4.78 is 11.9. The van der Waals surface area contributed by atoms with E-state index in [0.29, 0.717) is 29.4 Å². The predicted octanol–water partition coefficient (Wildman–Crippen LogP) is 5.27. The Balaban J connectivity index is 1.47. The molecule has 27 heavy (non-hydrogen) atoms. The molecule has 0 saturated carbocycles. The topological polar surface area (TPSA) is 55.6 Å². The zero-order chi connectivity index (χ0) is 19.0. The van der Waals surface area contributed by atoms with Gasteiger partial charge in [0.05, 0.1) is 12.7 Å². The van der Waals surface area contributed by atoms with Crippen LogP contribution in [0, 0.1) is 0 Å². The first-order valence-corrected chi connectivity index (χ1v) is 9.91. The molecular weight excluding hydrogens is 432 g/mol. The Hall–Kier alpha value is -2.05. The van der Waals surface area contributed by atoms with Gasteiger partial charge in [-0.25, -0.2) is 4.98 Å². The van der Waals surface area contributed by atoms with E-state index >= 15 is 0 Å². The molecule has 140 valence electrons. The monoisotopic (exact) mass is 448 g/mol. The molecule has 1 aliphatic rings. The van der Waals surface area contributed by atoms with Crippen molar-refractivity contribution in [1.82, 2.24) is 9.88 Å². The van der Waals surface area contributed by atoms with Crippen molar-refractivity contribution < 1.29 is 13.9 Å². The van der Waals surface area contributed by atoms with Crippen LogP contribution in [0.1, 0.15) is 35.0 Å². The van der Waals surface area contributed by atoms with Crippen LogP contribution in [0.2, 0.25) is 5.02 Å². The van der Waals surface area contributed by atoms with Crippen molar-refractivity contribution >= 4 is 44.5 Å². The number of piperidine rings is 1. The van der Waals surface area contributed by atoms with Gasteiger partial charge in [0.2, 0.25) is 0 Å². The van der Waals surface area contributed by atoms with Crippen LogP contribution in [0.4, 0.5) is 0 Å². The van der Waals surface area contributed by atoms with Gasteiger partial charge in [-0.2, -0.15) is 0 Å². The molecule has 1 saturated heterocycles. The van der Waals surface area contributed by atoms with Gasteiger partial charge in [0.15, 0.2) is 11.5 Å². The third-order valence-electron chi connectivity index (χ3n) is 4.90. The van der Waals surface area contributed by atoms with E-state index in [2.05, 4.69) is 20.9 Å². The average molecular weight is 450 g/mol. The molecule has 4 rings (SSSR count). The molecular formula is C20H18BrClN2O3. The number of fused-ring (bicyclic) bond motifs is 1. The maximum Gasteiger partial charge on any atom is 0.255 e. The highest BCUT2D eigenvalue weighted by molar-refractivity contribution is 9.10. The second-order valence-electron chi connectivity index (χ2n) is 6.58. The van der Waals surface area contributed by atoms with Crippen molar-refractivity contribution in [3.05, 3.63) is 57.3 Å². The number of oxazole rings is 1. The Morgan fingerprint density at radius 3 is 2.78 bits per heavy atom. The van der Waals surface area contributed by atoms with Crippen LogP contribution in [-0.2, 0) is 0 Å². The number of nitrogens with zero attached hydrogens (tertiary/aromatic N) is 2. The Morgan fingerprint density at radius 2 is 2.04 bits per heavy atom. The quantitative estimate of drug-likeness (QED) is 0.546. The lowest BCUT2D eigenvalue weighted by atomic mass is 9.96. The standard InChI is InChI=1S/C20H18BrClN2O3/c1-26-14-3-4-16(21)15(11-14)20(25)24-8-6-12(7-9-24)19-23-17-10-13(22)2-5-18(17)27-19/h2-5,10-12H,6-9H2,1H3. The molecule has 2 aromatic carbocycles. The molecule has 0 spiro atoms. The number of ether oxygens (including phenoxy) is 1. The number of halogens is 2. The van der Waals surface area contributed by atoms with Crippen molar-refractivity contribution in [1.29, 1.82) is 0 Å². The number of rotatable bonds is 3. The van der Waals surface area contributed by atoms with Gasteiger partial charge in [-0.05, 0) is 65.2 Å². The Morgan fingerprint density at radius 1 is 1.26 bits per heavy atom. The lowest BCUT2D eigenvalue weighted by Crippen LogP contribution is -2.38. The van der Waals surface area contributed by atoms with Crippen molar-refractivity contribution in [2.24, 2.45) is 0 Å². The van der Waals surface area contributed by atoms with Crippen LogP contribution in [-0.4, -0.2) is 36.0 Å². The molecule has 0 N–H and O–H groups in total. The molecule has 0 atom stereocenters. The molecule has 2 heterocycles. The third-order valence-corrected chi connectivity index (χ3v) is 5.83. The minimum atomic E-state index is 0.00331. The van der Waals surface area contributed by atoms with Crippen LogP contribution < -0.4 is 4.74 Å². The molecule has 0 bridgehead atoms. The summed E-state index contributed by atoms with van der Waals surface area (Å²) in [5.74, 6) is 1.60. The molecule has 1 fully saturated rings. The summed E-state index contributed by atoms with van der Waals surface area (Å²) in [5, 5.41) is 0.645. The van der Waals surface area contributed by atoms with Gasteiger partial charge in [-0.15, -0.1) is 0 Å². The van der Waals surface area contributed by atoms with Crippen molar-refractivity contribution in [2.45, 2.75) is 18.8 Å². The first-order chi connectivity index (χ1) is 13.0. The molecule has 3 aromatic rings. The van der Waals surface area contributed by atoms with E-state index in [4.69, 9.17) is 20.8 Å². The first-order valence-electron chi connectivity index (χ1n) is 8.74. The summed E-state index contributed by atoms with van der Waals surface area (Å²) in [6.45, 7) is 1.32. The molecule has 1 aromatic heterocycles. The fraction of sp³-hybridized carbons (Fsp3) is 0.300. The predicted molar refractivity (Wildman–Crippen MR) is 108 cm³/mol. The van der Waals surface area contributed by atoms with Crippen molar-refractivity contribution in [3.63, 3.8) is 0 Å². The van der Waals surface area contributed by atoms with E-state index in [0.717, 1.165) is 34.3 Å². The number of hydrogen-bond donors (Lipinski definition) is 0. The van der Waals surface area contributed by atoms with Gasteiger partial charge < -0.3 is 14.1 Å². The van der Waals surface area contributed by atoms with E-state index in [9.17, 15) is 4.79 Å². The number of carbonyl (C=O) groups is 1. The highest BCUT2D eigenvalue weighted by Crippen LogP contribution is 2.32. The Labute approximate surface area is 170 Å². The Kier molecular flexibility index (Phi) is 5.10. The molecule has 1 amide bonds. The maximum absolute atomic E-state index is 12.9. The van der Waals surface area contributed by atoms with Gasteiger partial charge in [-0.1, -0.05) is 11.6 Å². The number of aromatic nitrogens is 1. The molecule has 1 aliphatic heterocycles. The van der Waals surface area contributed by atoms with Crippen molar-refractivity contribution in [3.8, 4) is 5.75 Å². The van der Waals surface area contributed by atoms with Gasteiger partial charge >= 0.3 is 0 Å². The van der Waals surface area contributed by atoms with Crippen molar-refractivity contribution in [2.75, 3.05) is 20.2 Å². The second kappa shape index (κ2) is 7.52. The summed E-state index contributed by atoms with van der Waals surface area (Å²) in [5.41, 5.74) is 2.13. The molecule has 7 heteroatoms. The smallest absolute Gasteiger partial charge is 0.255 e. The van der Waals surface area contributed by atoms with Gasteiger partial charge in [0.1, 0.15) is 11.3 Å².